The second-order valence-electron chi connectivity index (χ2n) is 7.19. The number of aryl methyl sites for hydroxylation is 1. The van der Waals surface area contributed by atoms with Crippen molar-refractivity contribution in [3.63, 3.8) is 0 Å². The molecule has 0 atom stereocenters. The van der Waals surface area contributed by atoms with Gasteiger partial charge in [0.2, 0.25) is 0 Å². The molecule has 4 rings (SSSR count). The maximum atomic E-state index is 12.7. The monoisotopic (exact) mass is 369 g/mol. The Morgan fingerprint density at radius 1 is 1.15 bits per heavy atom. The molecule has 1 amide bonds. The molecule has 0 unspecified atom stereocenters. The minimum absolute atomic E-state index is 0.0273. The normalized spacial score (nSPS) is 18.4. The maximum Gasteiger partial charge on any atom is 0.253 e. The van der Waals surface area contributed by atoms with E-state index in [-0.39, 0.29) is 11.7 Å². The van der Waals surface area contributed by atoms with E-state index in [1.165, 1.54) is 0 Å². The van der Waals surface area contributed by atoms with Crippen molar-refractivity contribution in [2.75, 3.05) is 13.1 Å². The summed E-state index contributed by atoms with van der Waals surface area (Å²) in [5.41, 5.74) is 1.83. The summed E-state index contributed by atoms with van der Waals surface area (Å²) >= 11 is 5.99. The number of nitrogens with zero attached hydrogens (tertiary/aromatic N) is 1. The van der Waals surface area contributed by atoms with E-state index in [9.17, 15) is 9.59 Å². The van der Waals surface area contributed by atoms with Crippen molar-refractivity contribution in [1.82, 2.24) is 4.90 Å². The van der Waals surface area contributed by atoms with E-state index >= 15 is 0 Å². The van der Waals surface area contributed by atoms with E-state index in [0.29, 0.717) is 54.3 Å². The molecule has 0 aromatic heterocycles. The van der Waals surface area contributed by atoms with E-state index < -0.39 is 5.60 Å². The second kappa shape index (κ2) is 6.44. The molecule has 26 heavy (non-hydrogen) atoms. The van der Waals surface area contributed by atoms with E-state index in [2.05, 4.69) is 0 Å². The van der Waals surface area contributed by atoms with Gasteiger partial charge in [-0.3, -0.25) is 9.59 Å². The average Bonchev–Trinajstić information content (AvgIpc) is 2.63. The zero-order valence-electron chi connectivity index (χ0n) is 14.6. The van der Waals surface area contributed by atoms with Gasteiger partial charge in [0.15, 0.2) is 5.78 Å². The van der Waals surface area contributed by atoms with Crippen LogP contribution in [-0.4, -0.2) is 35.3 Å². The topological polar surface area (TPSA) is 46.6 Å². The van der Waals surface area contributed by atoms with Crippen LogP contribution >= 0.6 is 11.6 Å². The van der Waals surface area contributed by atoms with Gasteiger partial charge in [-0.05, 0) is 37.3 Å². The molecule has 2 aliphatic rings. The molecule has 2 aromatic carbocycles. The SMILES string of the molecule is Cc1ccc2c(c1)C(=O)CC1(CCN(C(=O)c3cccc(Cl)c3)CC1)O2. The molecular weight excluding hydrogens is 350 g/mol. The Balaban J connectivity index is 1.49. The lowest BCUT2D eigenvalue weighted by Crippen LogP contribution is -2.52. The lowest BCUT2D eigenvalue weighted by molar-refractivity contribution is -0.00572. The number of carbonyl (C=O) groups excluding carboxylic acids is 2. The Morgan fingerprint density at radius 3 is 2.65 bits per heavy atom. The first-order chi connectivity index (χ1) is 12.5. The summed E-state index contributed by atoms with van der Waals surface area (Å²) in [4.78, 5) is 27.1. The van der Waals surface area contributed by atoms with Crippen molar-refractivity contribution in [3.05, 3.63) is 64.2 Å². The van der Waals surface area contributed by atoms with Gasteiger partial charge in [-0.2, -0.15) is 0 Å². The summed E-state index contributed by atoms with van der Waals surface area (Å²) in [6.07, 6.45) is 1.68. The standard InChI is InChI=1S/C21H20ClNO3/c1-14-5-6-19-17(11-14)18(24)13-21(26-19)7-9-23(10-8-21)20(25)15-3-2-4-16(22)12-15/h2-6,11-12H,7-10,13H2,1H3. The van der Waals surface area contributed by atoms with Crippen LogP contribution in [0.3, 0.4) is 0 Å². The van der Waals surface area contributed by atoms with Crippen LogP contribution in [0, 0.1) is 6.92 Å². The third kappa shape index (κ3) is 3.10. The van der Waals surface area contributed by atoms with Crippen molar-refractivity contribution in [2.24, 2.45) is 0 Å². The number of likely N-dealkylation sites (tertiary alicyclic amines) is 1. The molecule has 1 saturated heterocycles. The first kappa shape index (κ1) is 17.1. The summed E-state index contributed by atoms with van der Waals surface area (Å²) in [6.45, 7) is 3.11. The fraction of sp³-hybridized carbons (Fsp3) is 0.333. The second-order valence-corrected chi connectivity index (χ2v) is 7.62. The van der Waals surface area contributed by atoms with Gasteiger partial charge in [0.05, 0.1) is 12.0 Å². The lowest BCUT2D eigenvalue weighted by atomic mass is 9.82. The van der Waals surface area contributed by atoms with E-state index in [4.69, 9.17) is 16.3 Å². The fourth-order valence-electron chi connectivity index (χ4n) is 3.81. The summed E-state index contributed by atoms with van der Waals surface area (Å²) in [5.74, 6) is 0.770. The zero-order valence-corrected chi connectivity index (χ0v) is 15.4. The van der Waals surface area contributed by atoms with Gasteiger partial charge in [0.25, 0.3) is 5.91 Å². The largest absolute Gasteiger partial charge is 0.486 e. The summed E-state index contributed by atoms with van der Waals surface area (Å²) < 4.78 is 6.26. The molecule has 134 valence electrons. The molecule has 2 aliphatic heterocycles. The fourth-order valence-corrected chi connectivity index (χ4v) is 4.00. The Bertz CT molecular complexity index is 885. The highest BCUT2D eigenvalue weighted by Crippen LogP contribution is 2.39. The molecule has 1 spiro atoms. The van der Waals surface area contributed by atoms with Crippen molar-refractivity contribution in [1.29, 1.82) is 0 Å². The number of rotatable bonds is 1. The number of hydrogen-bond acceptors (Lipinski definition) is 3. The molecule has 0 radical (unpaired) electrons. The predicted molar refractivity (Wildman–Crippen MR) is 100 cm³/mol. The Hall–Kier alpha value is -2.33. The summed E-state index contributed by atoms with van der Waals surface area (Å²) in [7, 11) is 0. The van der Waals surface area contributed by atoms with Crippen LogP contribution < -0.4 is 4.74 Å². The molecular formula is C21H20ClNO3. The number of piperidine rings is 1. The summed E-state index contributed by atoms with van der Waals surface area (Å²) in [6, 6.07) is 12.7. The van der Waals surface area contributed by atoms with Gasteiger partial charge in [-0.25, -0.2) is 0 Å². The van der Waals surface area contributed by atoms with Crippen molar-refractivity contribution in [3.8, 4) is 5.75 Å². The number of carbonyl (C=O) groups is 2. The average molecular weight is 370 g/mol. The Morgan fingerprint density at radius 2 is 1.92 bits per heavy atom. The molecule has 0 aliphatic carbocycles. The summed E-state index contributed by atoms with van der Waals surface area (Å²) in [5, 5.41) is 0.553. The van der Waals surface area contributed by atoms with Crippen LogP contribution in [0.5, 0.6) is 5.75 Å². The predicted octanol–water partition coefficient (Wildman–Crippen LogP) is 4.29. The molecule has 4 nitrogen and oxygen atoms in total. The maximum absolute atomic E-state index is 12.7. The Labute approximate surface area is 157 Å². The number of benzene rings is 2. The smallest absolute Gasteiger partial charge is 0.253 e. The van der Waals surface area contributed by atoms with Gasteiger partial charge in [0.1, 0.15) is 11.4 Å². The van der Waals surface area contributed by atoms with Crippen molar-refractivity contribution >= 4 is 23.3 Å². The quantitative estimate of drug-likeness (QED) is 0.753. The van der Waals surface area contributed by atoms with E-state index in [0.717, 1.165) is 5.56 Å². The number of amides is 1. The van der Waals surface area contributed by atoms with Crippen molar-refractivity contribution < 1.29 is 14.3 Å². The van der Waals surface area contributed by atoms with Crippen LogP contribution in [-0.2, 0) is 0 Å². The van der Waals surface area contributed by atoms with Crippen molar-refractivity contribution in [2.45, 2.75) is 31.8 Å². The number of fused-ring (bicyclic) bond motifs is 1. The van der Waals surface area contributed by atoms with Gasteiger partial charge < -0.3 is 9.64 Å². The molecule has 5 heteroatoms. The highest BCUT2D eigenvalue weighted by atomic mass is 35.5. The lowest BCUT2D eigenvalue weighted by Gasteiger charge is -2.44. The number of ether oxygens (including phenoxy) is 1. The van der Waals surface area contributed by atoms with Gasteiger partial charge in [-0.15, -0.1) is 0 Å². The van der Waals surface area contributed by atoms with E-state index in [1.807, 2.05) is 30.0 Å². The molecule has 2 aromatic rings. The Kier molecular flexibility index (Phi) is 4.23. The van der Waals surface area contributed by atoms with Gasteiger partial charge in [-0.1, -0.05) is 29.3 Å². The van der Waals surface area contributed by atoms with Crippen LogP contribution in [0.15, 0.2) is 42.5 Å². The third-order valence-electron chi connectivity index (χ3n) is 5.28. The van der Waals surface area contributed by atoms with Crippen LogP contribution in [0.1, 0.15) is 45.5 Å². The molecule has 0 bridgehead atoms. The first-order valence-electron chi connectivity index (χ1n) is 8.84. The van der Waals surface area contributed by atoms with Gasteiger partial charge in [0, 0.05) is 36.5 Å². The highest BCUT2D eigenvalue weighted by Gasteiger charge is 2.43. The van der Waals surface area contributed by atoms with Crippen LogP contribution in [0.4, 0.5) is 0 Å². The number of hydrogen-bond donors (Lipinski definition) is 0. The number of ketones is 1. The number of Topliss-reactive ketones (excluding diaryl/α,β-unsaturated/α-hetero) is 1. The first-order valence-corrected chi connectivity index (χ1v) is 9.21. The minimum atomic E-state index is -0.496. The minimum Gasteiger partial charge on any atom is -0.486 e. The molecule has 2 heterocycles. The third-order valence-corrected chi connectivity index (χ3v) is 5.51. The molecule has 1 fully saturated rings. The van der Waals surface area contributed by atoms with E-state index in [1.54, 1.807) is 24.3 Å². The molecule has 0 saturated carbocycles. The molecule has 0 N–H and O–H groups in total. The van der Waals surface area contributed by atoms with Crippen LogP contribution in [0.25, 0.3) is 0 Å². The van der Waals surface area contributed by atoms with Crippen LogP contribution in [0.2, 0.25) is 5.02 Å². The number of halogens is 1. The van der Waals surface area contributed by atoms with Gasteiger partial charge >= 0.3 is 0 Å². The highest BCUT2D eigenvalue weighted by molar-refractivity contribution is 6.30. The zero-order chi connectivity index (χ0) is 18.3.